The van der Waals surface area contributed by atoms with E-state index in [-0.39, 0.29) is 24.5 Å². The molecule has 0 heterocycles. The lowest BCUT2D eigenvalue weighted by molar-refractivity contribution is -0.142. The van der Waals surface area contributed by atoms with Gasteiger partial charge in [-0.1, -0.05) is 43.0 Å². The first kappa shape index (κ1) is 23.9. The van der Waals surface area contributed by atoms with Crippen LogP contribution in [0, 0.1) is 0 Å². The molecule has 1 aliphatic carbocycles. The van der Waals surface area contributed by atoms with Crippen molar-refractivity contribution < 1.29 is 19.1 Å². The maximum absolute atomic E-state index is 13.1. The van der Waals surface area contributed by atoms with Gasteiger partial charge in [0, 0.05) is 17.6 Å². The van der Waals surface area contributed by atoms with Crippen LogP contribution in [0.25, 0.3) is 0 Å². The van der Waals surface area contributed by atoms with Gasteiger partial charge < -0.3 is 19.7 Å². The molecule has 0 radical (unpaired) electrons. The molecule has 2 amide bonds. The lowest BCUT2D eigenvalue weighted by atomic mass is 9.95. The number of methoxy groups -OCH3 is 1. The number of halogens is 1. The van der Waals surface area contributed by atoms with Gasteiger partial charge in [-0.05, 0) is 61.7 Å². The Kier molecular flexibility index (Phi) is 8.80. The molecule has 0 aliphatic heterocycles. The van der Waals surface area contributed by atoms with Gasteiger partial charge in [0.25, 0.3) is 5.91 Å². The minimum Gasteiger partial charge on any atom is -0.497 e. The predicted octanol–water partition coefficient (Wildman–Crippen LogP) is 4.59. The molecule has 3 rings (SSSR count). The van der Waals surface area contributed by atoms with Crippen molar-refractivity contribution in [3.8, 4) is 11.5 Å². The summed E-state index contributed by atoms with van der Waals surface area (Å²) in [7, 11) is 1.59. The van der Waals surface area contributed by atoms with Crippen LogP contribution in [0.2, 0.25) is 5.02 Å². The van der Waals surface area contributed by atoms with Crippen molar-refractivity contribution in [3.63, 3.8) is 0 Å². The zero-order chi connectivity index (χ0) is 22.9. The molecular weight excluding hydrogens is 428 g/mol. The van der Waals surface area contributed by atoms with Crippen molar-refractivity contribution in [2.24, 2.45) is 0 Å². The van der Waals surface area contributed by atoms with Crippen LogP contribution in [0.1, 0.15) is 44.6 Å². The molecule has 1 saturated carbocycles. The lowest BCUT2D eigenvalue weighted by Crippen LogP contribution is -2.51. The molecule has 0 bridgehead atoms. The van der Waals surface area contributed by atoms with Crippen molar-refractivity contribution in [2.75, 3.05) is 13.7 Å². The normalized spacial score (nSPS) is 15.0. The van der Waals surface area contributed by atoms with E-state index >= 15 is 0 Å². The Morgan fingerprint density at radius 2 is 1.66 bits per heavy atom. The number of carbonyl (C=O) groups is 2. The Balaban J connectivity index is 1.68. The standard InChI is InChI=1S/C25H31ClN2O4/c1-18(25(30)27-21-6-4-3-5-7-21)28(16-19-8-10-20(26)11-9-19)24(29)17-32-23-14-12-22(31-2)13-15-23/h8-15,18,21H,3-7,16-17H2,1-2H3,(H,27,30). The minimum atomic E-state index is -0.625. The van der Waals surface area contributed by atoms with E-state index < -0.39 is 6.04 Å². The third kappa shape index (κ3) is 6.89. The molecule has 32 heavy (non-hydrogen) atoms. The number of amides is 2. The topological polar surface area (TPSA) is 67.9 Å². The van der Waals surface area contributed by atoms with E-state index in [1.54, 1.807) is 55.3 Å². The van der Waals surface area contributed by atoms with E-state index in [0.29, 0.717) is 23.1 Å². The number of benzene rings is 2. The van der Waals surface area contributed by atoms with Crippen molar-refractivity contribution in [2.45, 2.75) is 57.7 Å². The first-order chi connectivity index (χ1) is 15.5. The average Bonchev–Trinajstić information content (AvgIpc) is 2.82. The molecule has 7 heteroatoms. The molecule has 2 aromatic rings. The second-order valence-corrected chi connectivity index (χ2v) is 8.57. The lowest BCUT2D eigenvalue weighted by Gasteiger charge is -2.31. The van der Waals surface area contributed by atoms with Gasteiger partial charge in [0.15, 0.2) is 6.61 Å². The molecule has 6 nitrogen and oxygen atoms in total. The summed E-state index contributed by atoms with van der Waals surface area (Å²) in [5.74, 6) is 0.872. The second-order valence-electron chi connectivity index (χ2n) is 8.13. The molecule has 1 aliphatic rings. The molecule has 2 aromatic carbocycles. The maximum atomic E-state index is 13.1. The molecule has 1 unspecified atom stereocenters. The van der Waals surface area contributed by atoms with Gasteiger partial charge in [-0.25, -0.2) is 0 Å². The van der Waals surface area contributed by atoms with Gasteiger partial charge in [-0.15, -0.1) is 0 Å². The average molecular weight is 459 g/mol. The zero-order valence-corrected chi connectivity index (χ0v) is 19.4. The maximum Gasteiger partial charge on any atom is 0.261 e. The fourth-order valence-corrected chi connectivity index (χ4v) is 3.96. The van der Waals surface area contributed by atoms with Gasteiger partial charge >= 0.3 is 0 Å². The molecule has 0 saturated heterocycles. The Bertz CT molecular complexity index is 880. The number of hydrogen-bond acceptors (Lipinski definition) is 4. The van der Waals surface area contributed by atoms with E-state index in [0.717, 1.165) is 31.2 Å². The van der Waals surface area contributed by atoms with Crippen LogP contribution >= 0.6 is 11.6 Å². The van der Waals surface area contributed by atoms with Gasteiger partial charge in [0.2, 0.25) is 5.91 Å². The third-order valence-electron chi connectivity index (χ3n) is 5.81. The quantitative estimate of drug-likeness (QED) is 0.596. The number of nitrogens with zero attached hydrogens (tertiary/aromatic N) is 1. The molecular formula is C25H31ClN2O4. The minimum absolute atomic E-state index is 0.135. The van der Waals surface area contributed by atoms with Crippen LogP contribution in [-0.4, -0.2) is 42.5 Å². The summed E-state index contributed by atoms with van der Waals surface area (Å²) >= 11 is 6.00. The zero-order valence-electron chi connectivity index (χ0n) is 18.7. The number of hydrogen-bond donors (Lipinski definition) is 1. The fourth-order valence-electron chi connectivity index (χ4n) is 3.84. The van der Waals surface area contributed by atoms with Gasteiger partial charge in [-0.3, -0.25) is 9.59 Å². The Labute approximate surface area is 194 Å². The summed E-state index contributed by atoms with van der Waals surface area (Å²) in [4.78, 5) is 27.6. The highest BCUT2D eigenvalue weighted by atomic mass is 35.5. The van der Waals surface area contributed by atoms with Crippen molar-refractivity contribution in [1.82, 2.24) is 10.2 Å². The molecule has 1 N–H and O–H groups in total. The highest BCUT2D eigenvalue weighted by Crippen LogP contribution is 2.20. The van der Waals surface area contributed by atoms with Crippen LogP contribution in [-0.2, 0) is 16.1 Å². The van der Waals surface area contributed by atoms with E-state index in [4.69, 9.17) is 21.1 Å². The number of nitrogens with one attached hydrogen (secondary N) is 1. The second kappa shape index (κ2) is 11.8. The third-order valence-corrected chi connectivity index (χ3v) is 6.06. The Morgan fingerprint density at radius 1 is 1.03 bits per heavy atom. The van der Waals surface area contributed by atoms with Crippen molar-refractivity contribution in [1.29, 1.82) is 0 Å². The fraction of sp³-hybridized carbons (Fsp3) is 0.440. The predicted molar refractivity (Wildman–Crippen MR) is 125 cm³/mol. The van der Waals surface area contributed by atoms with Gasteiger partial charge in [-0.2, -0.15) is 0 Å². The molecule has 0 aromatic heterocycles. The van der Waals surface area contributed by atoms with Crippen LogP contribution < -0.4 is 14.8 Å². The van der Waals surface area contributed by atoms with Crippen LogP contribution in [0.3, 0.4) is 0 Å². The highest BCUT2D eigenvalue weighted by molar-refractivity contribution is 6.30. The Hall–Kier alpha value is -2.73. The Morgan fingerprint density at radius 3 is 2.28 bits per heavy atom. The van der Waals surface area contributed by atoms with Crippen LogP contribution in [0.4, 0.5) is 0 Å². The summed E-state index contributed by atoms with van der Waals surface area (Å²) in [6.07, 6.45) is 5.45. The molecule has 1 atom stereocenters. The van der Waals surface area contributed by atoms with Crippen LogP contribution in [0.5, 0.6) is 11.5 Å². The number of rotatable bonds is 9. The monoisotopic (exact) mass is 458 g/mol. The highest BCUT2D eigenvalue weighted by Gasteiger charge is 2.28. The first-order valence-electron chi connectivity index (χ1n) is 11.1. The van der Waals surface area contributed by atoms with E-state index in [1.165, 1.54) is 6.42 Å². The van der Waals surface area contributed by atoms with E-state index in [1.807, 2.05) is 12.1 Å². The largest absolute Gasteiger partial charge is 0.497 e. The number of ether oxygens (including phenoxy) is 2. The van der Waals surface area contributed by atoms with Gasteiger partial charge in [0.1, 0.15) is 17.5 Å². The first-order valence-corrected chi connectivity index (χ1v) is 11.4. The van der Waals surface area contributed by atoms with Crippen molar-refractivity contribution in [3.05, 3.63) is 59.1 Å². The summed E-state index contributed by atoms with van der Waals surface area (Å²) in [5.41, 5.74) is 0.893. The summed E-state index contributed by atoms with van der Waals surface area (Å²) in [6, 6.07) is 13.9. The van der Waals surface area contributed by atoms with E-state index in [2.05, 4.69) is 5.32 Å². The smallest absolute Gasteiger partial charge is 0.261 e. The summed E-state index contributed by atoms with van der Waals surface area (Å²) in [5, 5.41) is 3.75. The van der Waals surface area contributed by atoms with Gasteiger partial charge in [0.05, 0.1) is 7.11 Å². The SMILES string of the molecule is COc1ccc(OCC(=O)N(Cc2ccc(Cl)cc2)C(C)C(=O)NC2CCCCC2)cc1. The summed E-state index contributed by atoms with van der Waals surface area (Å²) in [6.45, 7) is 1.89. The molecule has 1 fully saturated rings. The van der Waals surface area contributed by atoms with Crippen LogP contribution in [0.15, 0.2) is 48.5 Å². The molecule has 0 spiro atoms. The summed E-state index contributed by atoms with van der Waals surface area (Å²) < 4.78 is 10.8. The van der Waals surface area contributed by atoms with Crippen molar-refractivity contribution >= 4 is 23.4 Å². The number of carbonyl (C=O) groups excluding carboxylic acids is 2. The van der Waals surface area contributed by atoms with E-state index in [9.17, 15) is 9.59 Å². The molecule has 172 valence electrons.